The van der Waals surface area contributed by atoms with Gasteiger partial charge in [0, 0.05) is 16.5 Å². The first-order valence-electron chi connectivity index (χ1n) is 12.9. The van der Waals surface area contributed by atoms with E-state index in [-0.39, 0.29) is 35.5 Å². The number of hydrogen-bond donors (Lipinski definition) is 3. The molecule has 9 heteroatoms. The molecule has 0 radical (unpaired) electrons. The zero-order valence-electron chi connectivity index (χ0n) is 22.0. The van der Waals surface area contributed by atoms with Crippen molar-refractivity contribution in [1.29, 1.82) is 0 Å². The maximum absolute atomic E-state index is 14.1. The van der Waals surface area contributed by atoms with Crippen LogP contribution < -0.4 is 15.4 Å². The number of carbonyl (C=O) groups excluding carboxylic acids is 3. The van der Waals surface area contributed by atoms with Gasteiger partial charge in [-0.15, -0.1) is 11.8 Å². The Kier molecular flexibility index (Phi) is 7.36. The molecule has 0 aromatic heterocycles. The van der Waals surface area contributed by atoms with Gasteiger partial charge >= 0.3 is 0 Å². The van der Waals surface area contributed by atoms with Crippen molar-refractivity contribution in [2.24, 2.45) is 17.8 Å². The zero-order chi connectivity index (χ0) is 26.4. The lowest BCUT2D eigenvalue weighted by Gasteiger charge is -2.39. The van der Waals surface area contributed by atoms with Gasteiger partial charge in [-0.05, 0) is 70.7 Å². The van der Waals surface area contributed by atoms with E-state index < -0.39 is 34.2 Å². The Bertz CT molecular complexity index is 1010. The maximum Gasteiger partial charge on any atom is 0.244 e. The summed E-state index contributed by atoms with van der Waals surface area (Å²) in [6.45, 7) is 11.9. The number of anilines is 1. The van der Waals surface area contributed by atoms with Crippen LogP contribution in [0.15, 0.2) is 24.3 Å². The van der Waals surface area contributed by atoms with Gasteiger partial charge in [0.1, 0.15) is 11.8 Å². The maximum atomic E-state index is 14.1. The Morgan fingerprint density at radius 1 is 1.22 bits per heavy atom. The van der Waals surface area contributed by atoms with Crippen LogP contribution in [0.5, 0.6) is 5.75 Å². The van der Waals surface area contributed by atoms with Crippen molar-refractivity contribution >= 4 is 35.2 Å². The first kappa shape index (κ1) is 26.8. The highest BCUT2D eigenvalue weighted by molar-refractivity contribution is 8.02. The summed E-state index contributed by atoms with van der Waals surface area (Å²) in [5.41, 5.74) is 0.170. The second kappa shape index (κ2) is 9.89. The summed E-state index contributed by atoms with van der Waals surface area (Å²) in [5, 5.41) is 16.3. The molecule has 3 heterocycles. The number of likely N-dealkylation sites (tertiary alicyclic amines) is 1. The molecule has 0 aliphatic carbocycles. The smallest absolute Gasteiger partial charge is 0.244 e. The highest BCUT2D eigenvalue weighted by atomic mass is 32.2. The number of carbonyl (C=O) groups is 3. The van der Waals surface area contributed by atoms with E-state index >= 15 is 0 Å². The van der Waals surface area contributed by atoms with Gasteiger partial charge in [-0.2, -0.15) is 0 Å². The average Bonchev–Trinajstić information content (AvgIpc) is 3.42. The third-order valence-corrected chi connectivity index (χ3v) is 9.49. The number of thioether (sulfide) groups is 1. The fourth-order valence-corrected chi connectivity index (χ4v) is 8.34. The lowest BCUT2D eigenvalue weighted by Crippen LogP contribution is -2.60. The highest BCUT2D eigenvalue weighted by Crippen LogP contribution is 2.66. The van der Waals surface area contributed by atoms with Gasteiger partial charge in [0.15, 0.2) is 0 Å². The second-order valence-electron chi connectivity index (χ2n) is 11.5. The lowest BCUT2D eigenvalue weighted by molar-refractivity contribution is -0.143. The number of aliphatic hydroxyl groups is 1. The van der Waals surface area contributed by atoms with Crippen molar-refractivity contribution in [2.45, 2.75) is 82.0 Å². The third kappa shape index (κ3) is 4.60. The molecule has 0 saturated carbocycles. The van der Waals surface area contributed by atoms with E-state index in [2.05, 4.69) is 10.6 Å². The molecule has 1 aromatic carbocycles. The van der Waals surface area contributed by atoms with E-state index in [0.29, 0.717) is 18.7 Å². The van der Waals surface area contributed by atoms with Gasteiger partial charge in [0.2, 0.25) is 17.7 Å². The molecule has 4 rings (SSSR count). The number of amides is 3. The van der Waals surface area contributed by atoms with Crippen LogP contribution >= 0.6 is 11.8 Å². The van der Waals surface area contributed by atoms with Gasteiger partial charge < -0.3 is 25.4 Å². The number of nitrogens with zero attached hydrogens (tertiary/aromatic N) is 1. The molecule has 3 N–H and O–H groups in total. The predicted octanol–water partition coefficient (Wildman–Crippen LogP) is 3.05. The largest absolute Gasteiger partial charge is 0.494 e. The van der Waals surface area contributed by atoms with Crippen LogP contribution in [0, 0.1) is 17.8 Å². The molecule has 2 bridgehead atoms. The fourth-order valence-electron chi connectivity index (χ4n) is 6.13. The van der Waals surface area contributed by atoms with Gasteiger partial charge in [0.25, 0.3) is 0 Å². The number of aliphatic hydroxyl groups excluding tert-OH is 1. The van der Waals surface area contributed by atoms with Crippen molar-refractivity contribution in [3.8, 4) is 5.75 Å². The standard InChI is InChI=1S/C27H39N3O5S/c1-7-35-17-10-8-16(9-11-17)28-23(32)20-19-12-13-27(36-19)21(20)25(34)30(18(14-31)15(2)3)22(27)24(33)29-26(4,5)6/h8-11,15,18-22,31H,7,12-14H2,1-6H3,(H,28,32)(H,29,33)/t18-,19+,20-,21-,22?,27?/m0/s1. The second-order valence-corrected chi connectivity index (χ2v) is 13.1. The molecule has 8 nitrogen and oxygen atoms in total. The van der Waals surface area contributed by atoms with Crippen LogP contribution in [0.25, 0.3) is 0 Å². The van der Waals surface area contributed by atoms with Crippen molar-refractivity contribution in [1.82, 2.24) is 10.2 Å². The molecular weight excluding hydrogens is 478 g/mol. The number of ether oxygens (including phenoxy) is 1. The predicted molar refractivity (Wildman–Crippen MR) is 141 cm³/mol. The van der Waals surface area contributed by atoms with Crippen LogP contribution in [0.2, 0.25) is 0 Å². The van der Waals surface area contributed by atoms with Crippen molar-refractivity contribution in [2.75, 3.05) is 18.5 Å². The summed E-state index contributed by atoms with van der Waals surface area (Å²) in [7, 11) is 0. The van der Waals surface area contributed by atoms with E-state index in [4.69, 9.17) is 4.74 Å². The zero-order valence-corrected chi connectivity index (χ0v) is 22.9. The summed E-state index contributed by atoms with van der Waals surface area (Å²) < 4.78 is 4.80. The normalized spacial score (nSPS) is 29.9. The minimum Gasteiger partial charge on any atom is -0.494 e. The van der Waals surface area contributed by atoms with Gasteiger partial charge in [-0.3, -0.25) is 14.4 Å². The molecule has 1 spiro atoms. The Balaban J connectivity index is 1.67. The van der Waals surface area contributed by atoms with E-state index in [1.807, 2.05) is 41.5 Å². The van der Waals surface area contributed by atoms with Gasteiger partial charge in [-0.25, -0.2) is 0 Å². The monoisotopic (exact) mass is 517 g/mol. The summed E-state index contributed by atoms with van der Waals surface area (Å²) in [6.07, 6.45) is 1.47. The highest BCUT2D eigenvalue weighted by Gasteiger charge is 2.74. The molecule has 2 unspecified atom stereocenters. The van der Waals surface area contributed by atoms with E-state index in [1.54, 1.807) is 40.9 Å². The quantitative estimate of drug-likeness (QED) is 0.489. The first-order valence-corrected chi connectivity index (χ1v) is 13.8. The van der Waals surface area contributed by atoms with Crippen LogP contribution in [-0.4, -0.2) is 68.6 Å². The Morgan fingerprint density at radius 2 is 1.89 bits per heavy atom. The molecule has 36 heavy (non-hydrogen) atoms. The van der Waals surface area contributed by atoms with Crippen LogP contribution in [0.4, 0.5) is 5.69 Å². The Hall–Kier alpha value is -2.26. The van der Waals surface area contributed by atoms with E-state index in [9.17, 15) is 19.5 Å². The van der Waals surface area contributed by atoms with Crippen LogP contribution in [0.3, 0.4) is 0 Å². The Morgan fingerprint density at radius 3 is 2.44 bits per heavy atom. The van der Waals surface area contributed by atoms with Crippen molar-refractivity contribution < 1.29 is 24.2 Å². The topological polar surface area (TPSA) is 108 Å². The molecular formula is C27H39N3O5S. The first-order chi connectivity index (χ1) is 16.9. The molecule has 3 saturated heterocycles. The molecule has 6 atom stereocenters. The fraction of sp³-hybridized carbons (Fsp3) is 0.667. The van der Waals surface area contributed by atoms with Crippen molar-refractivity contribution in [3.05, 3.63) is 24.3 Å². The molecule has 3 aliphatic heterocycles. The van der Waals surface area contributed by atoms with E-state index in [0.717, 1.165) is 12.2 Å². The van der Waals surface area contributed by atoms with Crippen LogP contribution in [0.1, 0.15) is 54.4 Å². The summed E-state index contributed by atoms with van der Waals surface area (Å²) in [6, 6.07) is 5.97. The van der Waals surface area contributed by atoms with Crippen molar-refractivity contribution in [3.63, 3.8) is 0 Å². The molecule has 3 amide bonds. The third-order valence-electron chi connectivity index (χ3n) is 7.53. The summed E-state index contributed by atoms with van der Waals surface area (Å²) >= 11 is 1.63. The minimum absolute atomic E-state index is 0.0274. The molecule has 3 fully saturated rings. The molecule has 3 aliphatic rings. The number of hydrogen-bond acceptors (Lipinski definition) is 6. The number of nitrogens with one attached hydrogen (secondary N) is 2. The number of rotatable bonds is 8. The SMILES string of the molecule is CCOc1ccc(NC(=O)[C@@H]2[C@H]3C(=O)N([C@@H](CO)C(C)C)C(C(=O)NC(C)(C)C)C34CC[C@H]2S4)cc1. The Labute approximate surface area is 217 Å². The summed E-state index contributed by atoms with van der Waals surface area (Å²) in [5.74, 6) is -1.06. The average molecular weight is 518 g/mol. The molecule has 1 aromatic rings. The lowest BCUT2D eigenvalue weighted by atomic mass is 9.70. The van der Waals surface area contributed by atoms with Gasteiger partial charge in [-0.1, -0.05) is 13.8 Å². The molecule has 198 valence electrons. The minimum atomic E-state index is -0.730. The number of benzene rings is 1. The van der Waals surface area contributed by atoms with E-state index in [1.165, 1.54) is 0 Å². The number of fused-ring (bicyclic) bond motifs is 1. The van der Waals surface area contributed by atoms with Gasteiger partial charge in [0.05, 0.1) is 35.8 Å². The summed E-state index contributed by atoms with van der Waals surface area (Å²) in [4.78, 5) is 43.0. The van der Waals surface area contributed by atoms with Crippen LogP contribution in [-0.2, 0) is 14.4 Å².